The molecule has 0 radical (unpaired) electrons. The summed E-state index contributed by atoms with van der Waals surface area (Å²) < 4.78 is 10.1. The Labute approximate surface area is 190 Å². The molecule has 0 aromatic heterocycles. The largest absolute Gasteiger partial charge is 0.491 e. The smallest absolute Gasteiger partial charge is 0.326 e. The van der Waals surface area contributed by atoms with Crippen LogP contribution in [0.15, 0.2) is 58.1 Å². The van der Waals surface area contributed by atoms with E-state index in [2.05, 4.69) is 15.4 Å². The van der Waals surface area contributed by atoms with Crippen LogP contribution in [-0.2, 0) is 9.53 Å². The van der Waals surface area contributed by atoms with Crippen LogP contribution in [0, 0.1) is 0 Å². The molecule has 8 nitrogen and oxygen atoms in total. The van der Waals surface area contributed by atoms with Gasteiger partial charge in [-0.25, -0.2) is 0 Å². The molecule has 0 heterocycles. The Hall–Kier alpha value is -3.36. The van der Waals surface area contributed by atoms with Crippen LogP contribution in [0.4, 0.5) is 17.1 Å². The molecule has 1 aliphatic carbocycles. The number of ether oxygens (including phenoxy) is 2. The number of halogens is 1. The van der Waals surface area contributed by atoms with Crippen LogP contribution < -0.4 is 32.0 Å². The van der Waals surface area contributed by atoms with E-state index < -0.39 is 22.9 Å². The van der Waals surface area contributed by atoms with Crippen LogP contribution in [0.25, 0.3) is 11.1 Å². The van der Waals surface area contributed by atoms with E-state index in [-0.39, 0.29) is 25.1 Å². The third kappa shape index (κ3) is 5.09. The van der Waals surface area contributed by atoms with Gasteiger partial charge < -0.3 is 25.8 Å². The van der Waals surface area contributed by atoms with Gasteiger partial charge in [-0.15, -0.1) is 12.4 Å². The Bertz CT molecular complexity index is 1170. The maximum absolute atomic E-state index is 12.0. The van der Waals surface area contributed by atoms with Crippen molar-refractivity contribution in [2.24, 2.45) is 5.73 Å². The van der Waals surface area contributed by atoms with Crippen molar-refractivity contribution in [1.29, 1.82) is 0 Å². The first-order valence-electron chi connectivity index (χ1n) is 10.00. The highest BCUT2D eigenvalue weighted by Gasteiger charge is 2.28. The van der Waals surface area contributed by atoms with Gasteiger partial charge in [-0.05, 0) is 48.2 Å². The zero-order chi connectivity index (χ0) is 22.0. The van der Waals surface area contributed by atoms with Gasteiger partial charge in [-0.1, -0.05) is 24.3 Å². The predicted octanol–water partition coefficient (Wildman–Crippen LogP) is 2.57. The molecule has 0 spiro atoms. The van der Waals surface area contributed by atoms with Gasteiger partial charge in [0, 0.05) is 11.7 Å². The van der Waals surface area contributed by atoms with Crippen molar-refractivity contribution in [1.82, 2.24) is 0 Å². The summed E-state index contributed by atoms with van der Waals surface area (Å²) in [6, 6.07) is 14.3. The second kappa shape index (κ2) is 9.84. The van der Waals surface area contributed by atoms with E-state index in [0.717, 1.165) is 24.0 Å². The van der Waals surface area contributed by atoms with E-state index in [1.165, 1.54) is 7.11 Å². The third-order valence-electron chi connectivity index (χ3n) is 5.09. The van der Waals surface area contributed by atoms with Gasteiger partial charge in [0.15, 0.2) is 0 Å². The summed E-state index contributed by atoms with van der Waals surface area (Å²) in [6.45, 7) is 0.0184. The van der Waals surface area contributed by atoms with Crippen molar-refractivity contribution in [2.45, 2.75) is 24.9 Å². The van der Waals surface area contributed by atoms with Crippen molar-refractivity contribution < 1.29 is 14.3 Å². The molecule has 0 bridgehead atoms. The first kappa shape index (κ1) is 23.3. The zero-order valence-corrected chi connectivity index (χ0v) is 18.2. The van der Waals surface area contributed by atoms with Gasteiger partial charge in [0.2, 0.25) is 0 Å². The lowest BCUT2D eigenvalue weighted by Crippen LogP contribution is -2.37. The highest BCUT2D eigenvalue weighted by atomic mass is 35.5. The fraction of sp³-hybridized carbons (Fsp3) is 0.261. The fourth-order valence-corrected chi connectivity index (χ4v) is 3.15. The molecule has 1 fully saturated rings. The topological polar surface area (TPSA) is 120 Å². The minimum atomic E-state index is -0.845. The number of carbonyl (C=O) groups excluding carboxylic acids is 1. The highest BCUT2D eigenvalue weighted by Crippen LogP contribution is 2.30. The maximum Gasteiger partial charge on any atom is 0.326 e. The molecule has 0 unspecified atom stereocenters. The molecule has 168 valence electrons. The minimum Gasteiger partial charge on any atom is -0.491 e. The molecule has 9 heteroatoms. The molecule has 1 saturated carbocycles. The summed E-state index contributed by atoms with van der Waals surface area (Å²) in [6.07, 6.45) is 2.03. The summed E-state index contributed by atoms with van der Waals surface area (Å²) >= 11 is 0. The number of nitrogens with two attached hydrogens (primary N) is 1. The second-order valence-electron chi connectivity index (χ2n) is 7.50. The predicted molar refractivity (Wildman–Crippen MR) is 126 cm³/mol. The van der Waals surface area contributed by atoms with Crippen molar-refractivity contribution >= 4 is 35.4 Å². The van der Waals surface area contributed by atoms with Crippen LogP contribution in [-0.4, -0.2) is 31.8 Å². The maximum atomic E-state index is 12.0. The van der Waals surface area contributed by atoms with E-state index in [4.69, 9.17) is 10.5 Å². The van der Waals surface area contributed by atoms with Gasteiger partial charge in [0.1, 0.15) is 29.8 Å². The molecule has 32 heavy (non-hydrogen) atoms. The van der Waals surface area contributed by atoms with Gasteiger partial charge in [-0.2, -0.15) is 0 Å². The van der Waals surface area contributed by atoms with Gasteiger partial charge >= 0.3 is 5.97 Å². The molecule has 4 rings (SSSR count). The summed E-state index contributed by atoms with van der Waals surface area (Å²) in [5.74, 6) is 0.0510. The molecule has 0 amide bonds. The number of rotatable bonds is 9. The molecule has 4 N–H and O–H groups in total. The molecule has 0 saturated heterocycles. The summed E-state index contributed by atoms with van der Waals surface area (Å²) in [5, 5.41) is 6.20. The molecule has 3 aromatic carbocycles. The van der Waals surface area contributed by atoms with E-state index in [1.807, 2.05) is 36.4 Å². The molecule has 1 aliphatic rings. The Morgan fingerprint density at radius 1 is 1.06 bits per heavy atom. The monoisotopic (exact) mass is 457 g/mol. The number of hydrogen-bond acceptors (Lipinski definition) is 8. The lowest BCUT2D eigenvalue weighted by Gasteiger charge is -2.15. The molecular weight excluding hydrogens is 434 g/mol. The summed E-state index contributed by atoms with van der Waals surface area (Å²) in [4.78, 5) is 35.2. The first-order chi connectivity index (χ1) is 15.0. The number of esters is 1. The second-order valence-corrected chi connectivity index (χ2v) is 7.50. The number of benzene rings is 2. The quantitative estimate of drug-likeness (QED) is 0.331. The lowest BCUT2D eigenvalue weighted by molar-refractivity contribution is -0.142. The van der Waals surface area contributed by atoms with Gasteiger partial charge in [-0.3, -0.25) is 14.4 Å². The molecule has 0 aliphatic heterocycles. The number of methoxy groups -OCH3 is 1. The standard InChI is InChI=1S/C23H23N3O5.ClH/c1-30-23(29)18(24)12-31-17-9-5-13(6-10-17)14-3-2-4-16(11-14)26-20-19(21(27)22(20)28)25-15-7-8-15;/h2-6,9-11,15,18,25-26H,7-8,12,24H2,1H3;1H/t18-;/m0./s1. The highest BCUT2D eigenvalue weighted by molar-refractivity contribution is 5.85. The average Bonchev–Trinajstić information content (AvgIpc) is 3.63. The van der Waals surface area contributed by atoms with Crippen molar-refractivity contribution in [3.8, 4) is 16.9 Å². The summed E-state index contributed by atoms with van der Waals surface area (Å²) in [5.41, 5.74) is 7.99. The number of carbonyl (C=O) groups is 1. The minimum absolute atomic E-state index is 0. The Morgan fingerprint density at radius 2 is 1.75 bits per heavy atom. The molecule has 1 atom stereocenters. The number of anilines is 3. The number of hydrogen-bond donors (Lipinski definition) is 3. The van der Waals surface area contributed by atoms with Crippen LogP contribution >= 0.6 is 12.4 Å². The molecule has 3 aromatic rings. The van der Waals surface area contributed by atoms with Crippen molar-refractivity contribution in [2.75, 3.05) is 24.4 Å². The van der Waals surface area contributed by atoms with E-state index in [0.29, 0.717) is 22.8 Å². The van der Waals surface area contributed by atoms with Crippen LogP contribution in [0.3, 0.4) is 0 Å². The number of nitrogens with one attached hydrogen (secondary N) is 2. The van der Waals surface area contributed by atoms with Gasteiger partial charge in [0.05, 0.1) is 7.11 Å². The van der Waals surface area contributed by atoms with E-state index in [1.54, 1.807) is 12.1 Å². The SMILES string of the molecule is COC(=O)[C@@H](N)COc1ccc(-c2cccc(Nc3c(NC4CC4)c(=O)c3=O)c2)cc1.Cl. The van der Waals surface area contributed by atoms with E-state index >= 15 is 0 Å². The first-order valence-corrected chi connectivity index (χ1v) is 10.00. The van der Waals surface area contributed by atoms with Gasteiger partial charge in [0.25, 0.3) is 10.9 Å². The Kier molecular flexibility index (Phi) is 7.17. The zero-order valence-electron chi connectivity index (χ0n) is 17.4. The van der Waals surface area contributed by atoms with Crippen molar-refractivity contribution in [3.63, 3.8) is 0 Å². The van der Waals surface area contributed by atoms with Crippen molar-refractivity contribution in [3.05, 3.63) is 69.0 Å². The summed E-state index contributed by atoms with van der Waals surface area (Å²) in [7, 11) is 1.28. The third-order valence-corrected chi connectivity index (χ3v) is 5.09. The van der Waals surface area contributed by atoms with Crippen LogP contribution in [0.5, 0.6) is 5.75 Å². The normalized spacial score (nSPS) is 13.7. The Balaban J connectivity index is 0.00000289. The van der Waals surface area contributed by atoms with E-state index in [9.17, 15) is 14.4 Å². The Morgan fingerprint density at radius 3 is 2.41 bits per heavy atom. The van der Waals surface area contributed by atoms with Crippen LogP contribution in [0.1, 0.15) is 12.8 Å². The lowest BCUT2D eigenvalue weighted by atomic mass is 10.0. The average molecular weight is 458 g/mol. The fourth-order valence-electron chi connectivity index (χ4n) is 3.15. The molecular formula is C23H24ClN3O5. The van der Waals surface area contributed by atoms with Crippen LogP contribution in [0.2, 0.25) is 0 Å².